The Kier molecular flexibility index (Phi) is 5.01. The molecule has 23 heavy (non-hydrogen) atoms. The predicted octanol–water partition coefficient (Wildman–Crippen LogP) is 3.99. The number of carbonyl (C=O) groups excluding carboxylic acids is 1. The summed E-state index contributed by atoms with van der Waals surface area (Å²) in [6, 6.07) is 5.64. The van der Waals surface area contributed by atoms with E-state index in [2.05, 4.69) is 14.9 Å². The quantitative estimate of drug-likeness (QED) is 0.470. The van der Waals surface area contributed by atoms with Gasteiger partial charge in [-0.25, -0.2) is 4.79 Å². The molecule has 0 aromatic heterocycles. The number of benzene rings is 1. The number of azide groups is 1. The van der Waals surface area contributed by atoms with E-state index in [1.54, 1.807) is 4.90 Å². The second-order valence-electron chi connectivity index (χ2n) is 6.61. The van der Waals surface area contributed by atoms with E-state index >= 15 is 0 Å². The number of rotatable bonds is 2. The van der Waals surface area contributed by atoms with Crippen LogP contribution in [0.2, 0.25) is 0 Å². The van der Waals surface area contributed by atoms with Crippen LogP contribution in [0, 0.1) is 6.92 Å². The molecule has 1 amide bonds. The van der Waals surface area contributed by atoms with Gasteiger partial charge >= 0.3 is 6.09 Å². The van der Waals surface area contributed by atoms with Crippen LogP contribution in [0.1, 0.15) is 26.3 Å². The van der Waals surface area contributed by atoms with E-state index in [-0.39, 0.29) is 6.09 Å². The molecule has 1 aromatic carbocycles. The minimum absolute atomic E-state index is 0.257. The molecule has 0 spiro atoms. The van der Waals surface area contributed by atoms with E-state index in [4.69, 9.17) is 10.3 Å². The second kappa shape index (κ2) is 6.79. The Morgan fingerprint density at radius 2 is 1.91 bits per heavy atom. The zero-order valence-corrected chi connectivity index (χ0v) is 14.1. The van der Waals surface area contributed by atoms with Crippen molar-refractivity contribution in [2.75, 3.05) is 31.1 Å². The van der Waals surface area contributed by atoms with Gasteiger partial charge in [0.05, 0.1) is 0 Å². The first-order valence-electron chi connectivity index (χ1n) is 7.69. The predicted molar refractivity (Wildman–Crippen MR) is 90.0 cm³/mol. The number of carbonyl (C=O) groups is 1. The molecule has 7 nitrogen and oxygen atoms in total. The average Bonchev–Trinajstić information content (AvgIpc) is 2.46. The Balaban J connectivity index is 1.99. The molecular weight excluding hydrogens is 294 g/mol. The lowest BCUT2D eigenvalue weighted by Gasteiger charge is -2.37. The minimum Gasteiger partial charge on any atom is -0.444 e. The van der Waals surface area contributed by atoms with E-state index in [9.17, 15) is 4.79 Å². The van der Waals surface area contributed by atoms with Crippen LogP contribution in [0.15, 0.2) is 23.3 Å². The molecule has 2 rings (SSSR count). The second-order valence-corrected chi connectivity index (χ2v) is 6.61. The van der Waals surface area contributed by atoms with Gasteiger partial charge in [0.15, 0.2) is 0 Å². The Hall–Kier alpha value is -2.40. The number of amides is 1. The first-order valence-corrected chi connectivity index (χ1v) is 7.69. The molecule has 1 saturated heterocycles. The average molecular weight is 317 g/mol. The van der Waals surface area contributed by atoms with E-state index in [0.717, 1.165) is 24.3 Å². The maximum absolute atomic E-state index is 12.1. The van der Waals surface area contributed by atoms with E-state index in [1.165, 1.54) is 0 Å². The lowest BCUT2D eigenvalue weighted by molar-refractivity contribution is 0.0240. The third-order valence-corrected chi connectivity index (χ3v) is 3.61. The molecule has 1 aliphatic rings. The van der Waals surface area contributed by atoms with Crippen molar-refractivity contribution in [2.45, 2.75) is 33.3 Å². The monoisotopic (exact) mass is 317 g/mol. The van der Waals surface area contributed by atoms with Crippen molar-refractivity contribution >= 4 is 17.5 Å². The lowest BCUT2D eigenvalue weighted by Crippen LogP contribution is -2.50. The molecule has 1 heterocycles. The molecule has 0 N–H and O–H groups in total. The molecule has 124 valence electrons. The van der Waals surface area contributed by atoms with Crippen molar-refractivity contribution in [3.63, 3.8) is 0 Å². The van der Waals surface area contributed by atoms with Gasteiger partial charge < -0.3 is 14.5 Å². The van der Waals surface area contributed by atoms with Crippen LogP contribution in [-0.4, -0.2) is 42.8 Å². The van der Waals surface area contributed by atoms with Crippen LogP contribution >= 0.6 is 0 Å². The van der Waals surface area contributed by atoms with Gasteiger partial charge in [-0.1, -0.05) is 11.2 Å². The summed E-state index contributed by atoms with van der Waals surface area (Å²) in [7, 11) is 0. The summed E-state index contributed by atoms with van der Waals surface area (Å²) in [5.74, 6) is 0. The SMILES string of the molecule is Cc1cc(N=[N+]=[N-])ccc1N1CCN(C(=O)OC(C)(C)C)CC1. The van der Waals surface area contributed by atoms with Crippen molar-refractivity contribution in [1.29, 1.82) is 0 Å². The van der Waals surface area contributed by atoms with Gasteiger partial charge in [0.25, 0.3) is 0 Å². The molecule has 1 fully saturated rings. The van der Waals surface area contributed by atoms with Crippen LogP contribution in [0.5, 0.6) is 0 Å². The van der Waals surface area contributed by atoms with Crippen molar-refractivity contribution in [3.8, 4) is 0 Å². The smallest absolute Gasteiger partial charge is 0.410 e. The van der Waals surface area contributed by atoms with Gasteiger partial charge in [-0.3, -0.25) is 0 Å². The van der Waals surface area contributed by atoms with Gasteiger partial charge in [-0.2, -0.15) is 0 Å². The summed E-state index contributed by atoms with van der Waals surface area (Å²) >= 11 is 0. The number of ether oxygens (including phenoxy) is 1. The summed E-state index contributed by atoms with van der Waals surface area (Å²) in [6.45, 7) is 10.4. The summed E-state index contributed by atoms with van der Waals surface area (Å²) < 4.78 is 5.41. The number of aryl methyl sites for hydroxylation is 1. The standard InChI is InChI=1S/C16H23N5O2/c1-12-11-13(18-19-17)5-6-14(12)20-7-9-21(10-8-20)15(22)23-16(2,3)4/h5-6,11H,7-10H2,1-4H3. The summed E-state index contributed by atoms with van der Waals surface area (Å²) in [4.78, 5) is 18.9. The highest BCUT2D eigenvalue weighted by Crippen LogP contribution is 2.26. The van der Waals surface area contributed by atoms with Gasteiger partial charge in [0.1, 0.15) is 5.60 Å². The Morgan fingerprint density at radius 3 is 2.43 bits per heavy atom. The van der Waals surface area contributed by atoms with Crippen LogP contribution in [0.25, 0.3) is 10.4 Å². The maximum Gasteiger partial charge on any atom is 0.410 e. The van der Waals surface area contributed by atoms with Crippen molar-refractivity contribution < 1.29 is 9.53 Å². The third kappa shape index (κ3) is 4.53. The molecular formula is C16H23N5O2. The van der Waals surface area contributed by atoms with Gasteiger partial charge in [-0.15, -0.1) is 0 Å². The largest absolute Gasteiger partial charge is 0.444 e. The number of nitrogens with zero attached hydrogens (tertiary/aromatic N) is 5. The van der Waals surface area contributed by atoms with Crippen molar-refractivity contribution in [3.05, 3.63) is 34.2 Å². The fraction of sp³-hybridized carbons (Fsp3) is 0.562. The number of anilines is 1. The highest BCUT2D eigenvalue weighted by atomic mass is 16.6. The molecule has 0 radical (unpaired) electrons. The van der Waals surface area contributed by atoms with Crippen molar-refractivity contribution in [2.24, 2.45) is 5.11 Å². The first-order chi connectivity index (χ1) is 10.8. The Morgan fingerprint density at radius 1 is 1.26 bits per heavy atom. The molecule has 0 aliphatic carbocycles. The van der Waals surface area contributed by atoms with E-state index < -0.39 is 5.60 Å². The number of piperazine rings is 1. The zero-order valence-electron chi connectivity index (χ0n) is 14.1. The first kappa shape index (κ1) is 17.0. The molecule has 0 bridgehead atoms. The molecule has 0 unspecified atom stereocenters. The topological polar surface area (TPSA) is 81.5 Å². The van der Waals surface area contributed by atoms with Gasteiger partial charge in [0.2, 0.25) is 0 Å². The molecule has 0 atom stereocenters. The fourth-order valence-electron chi connectivity index (χ4n) is 2.56. The van der Waals surface area contributed by atoms with E-state index in [1.807, 2.05) is 45.9 Å². The highest BCUT2D eigenvalue weighted by Gasteiger charge is 2.26. The van der Waals surface area contributed by atoms with Crippen LogP contribution < -0.4 is 4.90 Å². The van der Waals surface area contributed by atoms with Gasteiger partial charge in [0, 0.05) is 42.5 Å². The van der Waals surface area contributed by atoms with Crippen molar-refractivity contribution in [1.82, 2.24) is 4.90 Å². The molecule has 0 saturated carbocycles. The van der Waals surface area contributed by atoms with Crippen LogP contribution in [0.4, 0.5) is 16.2 Å². The third-order valence-electron chi connectivity index (χ3n) is 3.61. The lowest BCUT2D eigenvalue weighted by atomic mass is 10.1. The number of hydrogen-bond acceptors (Lipinski definition) is 4. The van der Waals surface area contributed by atoms with E-state index in [0.29, 0.717) is 18.8 Å². The normalized spacial score (nSPS) is 15.1. The summed E-state index contributed by atoms with van der Waals surface area (Å²) in [6.07, 6.45) is -0.257. The maximum atomic E-state index is 12.1. The van der Waals surface area contributed by atoms with Crippen LogP contribution in [0.3, 0.4) is 0 Å². The summed E-state index contributed by atoms with van der Waals surface area (Å²) in [5, 5.41) is 3.62. The molecule has 7 heteroatoms. The minimum atomic E-state index is -0.470. The number of hydrogen-bond donors (Lipinski definition) is 0. The highest BCUT2D eigenvalue weighted by molar-refractivity contribution is 5.69. The Bertz CT molecular complexity index is 624. The summed E-state index contributed by atoms with van der Waals surface area (Å²) in [5.41, 5.74) is 10.8. The fourth-order valence-corrected chi connectivity index (χ4v) is 2.56. The van der Waals surface area contributed by atoms with Gasteiger partial charge in [-0.05, 0) is 50.9 Å². The van der Waals surface area contributed by atoms with Crippen LogP contribution in [-0.2, 0) is 4.74 Å². The molecule has 1 aliphatic heterocycles. The zero-order chi connectivity index (χ0) is 17.0. The molecule has 1 aromatic rings. The Labute approximate surface area is 136 Å².